The van der Waals surface area contributed by atoms with Gasteiger partial charge in [0.05, 0.1) is 0 Å². The summed E-state index contributed by atoms with van der Waals surface area (Å²) in [5, 5.41) is 10.0. The van der Waals surface area contributed by atoms with E-state index in [-0.39, 0.29) is 12.5 Å². The number of likely N-dealkylation sites (tertiary alicyclic amines) is 1. The maximum atomic E-state index is 12.5. The SMILES string of the molecule is CCCc1n[nH]c(=S)n1CC(=O)NCc1ccccc1CN1CCCCC1. The summed E-state index contributed by atoms with van der Waals surface area (Å²) in [4.78, 5) is 15.0. The Morgan fingerprint density at radius 1 is 1.22 bits per heavy atom. The molecule has 2 heterocycles. The number of hydrogen-bond acceptors (Lipinski definition) is 4. The van der Waals surface area contributed by atoms with E-state index < -0.39 is 0 Å². The molecule has 0 saturated carbocycles. The van der Waals surface area contributed by atoms with Crippen molar-refractivity contribution >= 4 is 18.1 Å². The molecule has 6 nitrogen and oxygen atoms in total. The summed E-state index contributed by atoms with van der Waals surface area (Å²) in [5.74, 6) is 0.792. The van der Waals surface area contributed by atoms with Crippen molar-refractivity contribution in [3.63, 3.8) is 0 Å². The standard InChI is InChI=1S/C20H29N5OS/c1-2-8-18-22-23-20(27)25(18)15-19(26)21-13-16-9-4-5-10-17(16)14-24-11-6-3-7-12-24/h4-5,9-10H,2-3,6-8,11-15H2,1H3,(H,21,26)(H,23,27). The highest BCUT2D eigenvalue weighted by Gasteiger charge is 2.14. The molecule has 0 aliphatic carbocycles. The smallest absolute Gasteiger partial charge is 0.240 e. The quantitative estimate of drug-likeness (QED) is 0.683. The maximum absolute atomic E-state index is 12.5. The van der Waals surface area contributed by atoms with Crippen molar-refractivity contribution in [3.8, 4) is 0 Å². The molecule has 1 fully saturated rings. The van der Waals surface area contributed by atoms with Gasteiger partial charge in [-0.2, -0.15) is 5.10 Å². The van der Waals surface area contributed by atoms with Gasteiger partial charge in [-0.25, -0.2) is 0 Å². The fourth-order valence-corrected chi connectivity index (χ4v) is 3.78. The van der Waals surface area contributed by atoms with Crippen LogP contribution in [0.5, 0.6) is 0 Å². The summed E-state index contributed by atoms with van der Waals surface area (Å²) in [6.45, 7) is 6.12. The summed E-state index contributed by atoms with van der Waals surface area (Å²) in [6, 6.07) is 8.38. The zero-order chi connectivity index (χ0) is 19.1. The first-order valence-electron chi connectivity index (χ1n) is 9.87. The maximum Gasteiger partial charge on any atom is 0.240 e. The molecular weight excluding hydrogens is 358 g/mol. The van der Waals surface area contributed by atoms with E-state index in [9.17, 15) is 4.79 Å². The van der Waals surface area contributed by atoms with Crippen LogP contribution in [-0.2, 0) is 30.8 Å². The summed E-state index contributed by atoms with van der Waals surface area (Å²) in [7, 11) is 0. The molecular formula is C20H29N5OS. The van der Waals surface area contributed by atoms with Gasteiger partial charge < -0.3 is 5.32 Å². The predicted molar refractivity (Wildman–Crippen MR) is 109 cm³/mol. The molecule has 146 valence electrons. The number of benzene rings is 1. The van der Waals surface area contributed by atoms with E-state index in [1.54, 1.807) is 4.57 Å². The van der Waals surface area contributed by atoms with E-state index in [1.165, 1.54) is 43.5 Å². The molecule has 2 N–H and O–H groups in total. The van der Waals surface area contributed by atoms with Gasteiger partial charge >= 0.3 is 0 Å². The van der Waals surface area contributed by atoms with E-state index in [4.69, 9.17) is 12.2 Å². The lowest BCUT2D eigenvalue weighted by atomic mass is 10.0. The summed E-state index contributed by atoms with van der Waals surface area (Å²) < 4.78 is 2.28. The van der Waals surface area contributed by atoms with Crippen LogP contribution < -0.4 is 5.32 Å². The minimum atomic E-state index is -0.0439. The van der Waals surface area contributed by atoms with E-state index in [0.29, 0.717) is 11.3 Å². The average molecular weight is 388 g/mol. The van der Waals surface area contributed by atoms with Crippen molar-refractivity contribution in [2.24, 2.45) is 0 Å². The second-order valence-electron chi connectivity index (χ2n) is 7.16. The van der Waals surface area contributed by atoms with E-state index in [1.807, 2.05) is 6.07 Å². The van der Waals surface area contributed by atoms with E-state index >= 15 is 0 Å². The molecule has 27 heavy (non-hydrogen) atoms. The number of carbonyl (C=O) groups excluding carboxylic acids is 1. The van der Waals surface area contributed by atoms with Gasteiger partial charge in [0.15, 0.2) is 4.77 Å². The van der Waals surface area contributed by atoms with Crippen LogP contribution in [0.2, 0.25) is 0 Å². The lowest BCUT2D eigenvalue weighted by Gasteiger charge is -2.27. The molecule has 1 amide bonds. The average Bonchev–Trinajstić information content (AvgIpc) is 3.02. The molecule has 1 aromatic heterocycles. The summed E-state index contributed by atoms with van der Waals surface area (Å²) in [5.41, 5.74) is 2.48. The van der Waals surface area contributed by atoms with Crippen LogP contribution in [0.15, 0.2) is 24.3 Å². The molecule has 7 heteroatoms. The third-order valence-corrected chi connectivity index (χ3v) is 5.36. The van der Waals surface area contributed by atoms with Gasteiger partial charge in [0.2, 0.25) is 5.91 Å². The van der Waals surface area contributed by atoms with Crippen molar-refractivity contribution in [1.82, 2.24) is 25.0 Å². The predicted octanol–water partition coefficient (Wildman–Crippen LogP) is 3.20. The monoisotopic (exact) mass is 387 g/mol. The zero-order valence-electron chi connectivity index (χ0n) is 16.0. The second-order valence-corrected chi connectivity index (χ2v) is 7.55. The molecule has 1 saturated heterocycles. The summed E-state index contributed by atoms with van der Waals surface area (Å²) in [6.07, 6.45) is 5.67. The molecule has 0 atom stereocenters. The van der Waals surface area contributed by atoms with Gasteiger partial charge in [0, 0.05) is 19.5 Å². The van der Waals surface area contributed by atoms with E-state index in [0.717, 1.165) is 25.2 Å². The first kappa shape index (κ1) is 19.8. The highest BCUT2D eigenvalue weighted by molar-refractivity contribution is 7.71. The molecule has 0 bridgehead atoms. The van der Waals surface area contributed by atoms with Gasteiger partial charge in [-0.3, -0.25) is 19.4 Å². The number of nitrogens with one attached hydrogen (secondary N) is 2. The Hall–Kier alpha value is -1.99. The van der Waals surface area contributed by atoms with Crippen molar-refractivity contribution in [3.05, 3.63) is 46.0 Å². The van der Waals surface area contributed by atoms with Gasteiger partial charge in [-0.1, -0.05) is 37.6 Å². The molecule has 1 aromatic carbocycles. The lowest BCUT2D eigenvalue weighted by Crippen LogP contribution is -2.31. The molecule has 2 aromatic rings. The Morgan fingerprint density at radius 2 is 1.96 bits per heavy atom. The summed E-state index contributed by atoms with van der Waals surface area (Å²) >= 11 is 5.25. The number of aryl methyl sites for hydroxylation is 1. The van der Waals surface area contributed by atoms with Crippen LogP contribution in [0.3, 0.4) is 0 Å². The van der Waals surface area contributed by atoms with Gasteiger partial charge in [0.1, 0.15) is 12.4 Å². The first-order chi connectivity index (χ1) is 13.2. The number of aromatic nitrogens is 3. The molecule has 1 aliphatic rings. The van der Waals surface area contributed by atoms with Gasteiger partial charge in [0.25, 0.3) is 0 Å². The van der Waals surface area contributed by atoms with Crippen LogP contribution >= 0.6 is 12.2 Å². The molecule has 1 aliphatic heterocycles. The van der Waals surface area contributed by atoms with Crippen LogP contribution in [0.25, 0.3) is 0 Å². The number of rotatable bonds is 8. The second kappa shape index (κ2) is 9.80. The Morgan fingerprint density at radius 3 is 2.70 bits per heavy atom. The van der Waals surface area contributed by atoms with E-state index in [2.05, 4.69) is 45.5 Å². The van der Waals surface area contributed by atoms with Crippen LogP contribution in [0.4, 0.5) is 0 Å². The van der Waals surface area contributed by atoms with Crippen LogP contribution in [-0.4, -0.2) is 38.7 Å². The molecule has 0 radical (unpaired) electrons. The van der Waals surface area contributed by atoms with Gasteiger partial charge in [-0.15, -0.1) is 0 Å². The number of amides is 1. The van der Waals surface area contributed by atoms with Crippen molar-refractivity contribution in [2.75, 3.05) is 13.1 Å². The number of hydrogen-bond donors (Lipinski definition) is 2. The third-order valence-electron chi connectivity index (χ3n) is 5.05. The minimum absolute atomic E-state index is 0.0439. The number of H-pyrrole nitrogens is 1. The highest BCUT2D eigenvalue weighted by Crippen LogP contribution is 2.16. The normalized spacial score (nSPS) is 15.0. The number of nitrogens with zero attached hydrogens (tertiary/aromatic N) is 3. The largest absolute Gasteiger partial charge is 0.350 e. The van der Waals surface area contributed by atoms with Crippen molar-refractivity contribution in [2.45, 2.75) is 58.7 Å². The number of aromatic amines is 1. The van der Waals surface area contributed by atoms with Gasteiger partial charge in [-0.05, 0) is 55.7 Å². The van der Waals surface area contributed by atoms with Crippen LogP contribution in [0, 0.1) is 4.77 Å². The highest BCUT2D eigenvalue weighted by atomic mass is 32.1. The Labute approximate surface area is 166 Å². The molecule has 0 unspecified atom stereocenters. The fraction of sp³-hybridized carbons (Fsp3) is 0.550. The zero-order valence-corrected chi connectivity index (χ0v) is 16.9. The fourth-order valence-electron chi connectivity index (χ4n) is 3.56. The minimum Gasteiger partial charge on any atom is -0.350 e. The lowest BCUT2D eigenvalue weighted by molar-refractivity contribution is -0.121. The number of piperidine rings is 1. The first-order valence-corrected chi connectivity index (χ1v) is 10.3. The van der Waals surface area contributed by atoms with Crippen LogP contribution in [0.1, 0.15) is 49.6 Å². The molecule has 3 rings (SSSR count). The number of carbonyl (C=O) groups is 1. The Balaban J connectivity index is 1.59. The third kappa shape index (κ3) is 5.49. The Bertz CT molecular complexity index is 807. The topological polar surface area (TPSA) is 66.0 Å². The Kier molecular flexibility index (Phi) is 7.18. The molecule has 0 spiro atoms. The van der Waals surface area contributed by atoms with Crippen molar-refractivity contribution < 1.29 is 4.79 Å². The van der Waals surface area contributed by atoms with Crippen molar-refractivity contribution in [1.29, 1.82) is 0 Å².